The van der Waals surface area contributed by atoms with Crippen molar-refractivity contribution in [2.45, 2.75) is 17.6 Å². The van der Waals surface area contributed by atoms with E-state index in [4.69, 9.17) is 4.84 Å². The summed E-state index contributed by atoms with van der Waals surface area (Å²) in [6.07, 6.45) is 0. The van der Waals surface area contributed by atoms with Crippen LogP contribution in [0, 0.1) is 0 Å². The second-order valence-corrected chi connectivity index (χ2v) is 6.39. The number of anilines is 1. The fourth-order valence-corrected chi connectivity index (χ4v) is 2.80. The monoisotopic (exact) mass is 356 g/mol. The number of alkyl halides is 2. The number of amides is 1. The Hall–Kier alpha value is -1.93. The van der Waals surface area contributed by atoms with Crippen molar-refractivity contribution in [3.05, 3.63) is 46.7 Å². The van der Waals surface area contributed by atoms with Crippen LogP contribution in [-0.4, -0.2) is 24.0 Å². The lowest BCUT2D eigenvalue weighted by Crippen LogP contribution is -2.17. The number of thioether (sulfide) groups is 1. The third-order valence-electron chi connectivity index (χ3n) is 2.64. The van der Waals surface area contributed by atoms with E-state index in [0.29, 0.717) is 28.1 Å². The minimum Gasteiger partial charge on any atom is -0.385 e. The summed E-state index contributed by atoms with van der Waals surface area (Å²) in [4.78, 5) is 18.1. The maximum absolute atomic E-state index is 12.2. The summed E-state index contributed by atoms with van der Waals surface area (Å²) < 4.78 is 24.4. The molecule has 4 nitrogen and oxygen atoms in total. The standard InChI is InChI=1S/C15H14F2N2O2S2/c1-10(13-3-2-8-22-13)19-21-9-14(20)18-11-4-6-12(7-5-11)23-15(16)17/h2-8,15H,9H2,1H3,(H,18,20). The molecule has 0 unspecified atom stereocenters. The van der Waals surface area contributed by atoms with Crippen LogP contribution in [0.5, 0.6) is 0 Å². The van der Waals surface area contributed by atoms with Crippen LogP contribution in [0.25, 0.3) is 0 Å². The molecule has 0 aliphatic heterocycles. The van der Waals surface area contributed by atoms with Gasteiger partial charge in [-0.2, -0.15) is 8.78 Å². The molecule has 1 aromatic carbocycles. The average Bonchev–Trinajstić information content (AvgIpc) is 3.03. The molecule has 0 atom stereocenters. The summed E-state index contributed by atoms with van der Waals surface area (Å²) in [6, 6.07) is 9.97. The summed E-state index contributed by atoms with van der Waals surface area (Å²) in [5.41, 5.74) is 1.21. The Bertz CT molecular complexity index is 659. The highest BCUT2D eigenvalue weighted by atomic mass is 32.2. The summed E-state index contributed by atoms with van der Waals surface area (Å²) in [6.45, 7) is 1.57. The Morgan fingerprint density at radius 1 is 1.35 bits per heavy atom. The molecule has 0 aliphatic rings. The molecule has 2 aromatic rings. The number of carbonyl (C=O) groups excluding carboxylic acids is 1. The van der Waals surface area contributed by atoms with Crippen molar-refractivity contribution in [1.29, 1.82) is 0 Å². The molecule has 1 N–H and O–H groups in total. The molecular weight excluding hydrogens is 342 g/mol. The molecule has 0 spiro atoms. The molecule has 1 aromatic heterocycles. The van der Waals surface area contributed by atoms with E-state index in [1.54, 1.807) is 19.1 Å². The Balaban J connectivity index is 1.79. The first-order chi connectivity index (χ1) is 11.0. The highest BCUT2D eigenvalue weighted by Crippen LogP contribution is 2.26. The minimum atomic E-state index is -2.46. The van der Waals surface area contributed by atoms with Crippen LogP contribution < -0.4 is 5.32 Å². The molecule has 23 heavy (non-hydrogen) atoms. The molecule has 8 heteroatoms. The van der Waals surface area contributed by atoms with E-state index in [0.717, 1.165) is 4.88 Å². The van der Waals surface area contributed by atoms with E-state index in [-0.39, 0.29) is 12.5 Å². The first-order valence-electron chi connectivity index (χ1n) is 6.60. The molecule has 0 radical (unpaired) electrons. The number of benzene rings is 1. The van der Waals surface area contributed by atoms with Crippen molar-refractivity contribution in [3.8, 4) is 0 Å². The van der Waals surface area contributed by atoms with E-state index in [9.17, 15) is 13.6 Å². The molecule has 0 bridgehead atoms. The summed E-state index contributed by atoms with van der Waals surface area (Å²) >= 11 is 1.99. The fraction of sp³-hybridized carbons (Fsp3) is 0.200. The quantitative estimate of drug-likeness (QED) is 0.453. The van der Waals surface area contributed by atoms with Crippen LogP contribution in [0.2, 0.25) is 0 Å². The second-order valence-electron chi connectivity index (χ2n) is 4.38. The topological polar surface area (TPSA) is 50.7 Å². The van der Waals surface area contributed by atoms with Crippen LogP contribution >= 0.6 is 23.1 Å². The van der Waals surface area contributed by atoms with Gasteiger partial charge in [-0.25, -0.2) is 0 Å². The normalized spacial score (nSPS) is 11.6. The van der Waals surface area contributed by atoms with Crippen LogP contribution in [0.1, 0.15) is 11.8 Å². The number of hydrogen-bond donors (Lipinski definition) is 1. The molecule has 1 heterocycles. The summed E-state index contributed by atoms with van der Waals surface area (Å²) in [5, 5.41) is 8.41. The number of nitrogens with zero attached hydrogens (tertiary/aromatic N) is 1. The lowest BCUT2D eigenvalue weighted by Gasteiger charge is -2.06. The highest BCUT2D eigenvalue weighted by Gasteiger charge is 2.07. The minimum absolute atomic E-state index is 0.226. The molecule has 122 valence electrons. The van der Waals surface area contributed by atoms with Crippen molar-refractivity contribution < 1.29 is 18.4 Å². The molecule has 0 saturated heterocycles. The van der Waals surface area contributed by atoms with E-state index in [1.807, 2.05) is 17.5 Å². The average molecular weight is 356 g/mol. The fourth-order valence-electron chi connectivity index (χ4n) is 1.63. The Kier molecular flexibility index (Phi) is 6.54. The van der Waals surface area contributed by atoms with E-state index < -0.39 is 5.76 Å². The van der Waals surface area contributed by atoms with Gasteiger partial charge in [0.1, 0.15) is 0 Å². The molecule has 1 amide bonds. The van der Waals surface area contributed by atoms with Crippen molar-refractivity contribution in [2.24, 2.45) is 5.16 Å². The number of carbonyl (C=O) groups is 1. The van der Waals surface area contributed by atoms with Gasteiger partial charge in [-0.05, 0) is 42.6 Å². The SMILES string of the molecule is CC(=NOCC(=O)Nc1ccc(SC(F)F)cc1)c1cccs1. The Morgan fingerprint density at radius 2 is 2.09 bits per heavy atom. The maximum Gasteiger partial charge on any atom is 0.288 e. The first kappa shape index (κ1) is 17.4. The van der Waals surface area contributed by atoms with E-state index in [2.05, 4.69) is 10.5 Å². The molecule has 0 fully saturated rings. The summed E-state index contributed by atoms with van der Waals surface area (Å²) in [5.74, 6) is -2.84. The van der Waals surface area contributed by atoms with Gasteiger partial charge >= 0.3 is 0 Å². The zero-order valence-electron chi connectivity index (χ0n) is 12.2. The van der Waals surface area contributed by atoms with Gasteiger partial charge in [0, 0.05) is 10.6 Å². The van der Waals surface area contributed by atoms with E-state index in [1.165, 1.54) is 23.5 Å². The third-order valence-corrected chi connectivity index (χ3v) is 4.34. The lowest BCUT2D eigenvalue weighted by molar-refractivity contribution is -0.120. The van der Waals surface area contributed by atoms with Gasteiger partial charge < -0.3 is 10.2 Å². The number of oxime groups is 1. The molecule has 0 saturated carbocycles. The van der Waals surface area contributed by atoms with Crippen molar-refractivity contribution in [1.82, 2.24) is 0 Å². The van der Waals surface area contributed by atoms with Gasteiger partial charge in [0.15, 0.2) is 6.61 Å². The van der Waals surface area contributed by atoms with Crippen molar-refractivity contribution in [2.75, 3.05) is 11.9 Å². The zero-order valence-corrected chi connectivity index (χ0v) is 13.8. The van der Waals surface area contributed by atoms with E-state index >= 15 is 0 Å². The van der Waals surface area contributed by atoms with Gasteiger partial charge in [0.2, 0.25) is 0 Å². The number of rotatable bonds is 7. The molecule has 2 rings (SSSR count). The van der Waals surface area contributed by atoms with Crippen molar-refractivity contribution in [3.63, 3.8) is 0 Å². The van der Waals surface area contributed by atoms with Gasteiger partial charge in [-0.3, -0.25) is 4.79 Å². The van der Waals surface area contributed by atoms with Crippen LogP contribution in [-0.2, 0) is 9.63 Å². The Morgan fingerprint density at radius 3 is 2.70 bits per heavy atom. The van der Waals surface area contributed by atoms with Crippen LogP contribution in [0.15, 0.2) is 51.8 Å². The van der Waals surface area contributed by atoms with Gasteiger partial charge in [-0.15, -0.1) is 11.3 Å². The number of nitrogens with one attached hydrogen (secondary N) is 1. The predicted molar refractivity (Wildman–Crippen MR) is 89.4 cm³/mol. The molecule has 0 aliphatic carbocycles. The Labute approximate surface area is 140 Å². The van der Waals surface area contributed by atoms with Gasteiger partial charge in [-0.1, -0.05) is 23.0 Å². The smallest absolute Gasteiger partial charge is 0.288 e. The summed E-state index contributed by atoms with van der Waals surface area (Å²) in [7, 11) is 0. The third kappa shape index (κ3) is 5.99. The molecular formula is C15H14F2N2O2S2. The van der Waals surface area contributed by atoms with Crippen LogP contribution in [0.4, 0.5) is 14.5 Å². The largest absolute Gasteiger partial charge is 0.385 e. The number of hydrogen-bond acceptors (Lipinski definition) is 5. The maximum atomic E-state index is 12.2. The highest BCUT2D eigenvalue weighted by molar-refractivity contribution is 7.99. The predicted octanol–water partition coefficient (Wildman–Crippen LogP) is 4.44. The van der Waals surface area contributed by atoms with Crippen molar-refractivity contribution >= 4 is 40.4 Å². The van der Waals surface area contributed by atoms with Gasteiger partial charge in [0.25, 0.3) is 11.7 Å². The van der Waals surface area contributed by atoms with Crippen LogP contribution in [0.3, 0.4) is 0 Å². The number of halogens is 2. The second kappa shape index (κ2) is 8.64. The van der Waals surface area contributed by atoms with Gasteiger partial charge in [0.05, 0.1) is 10.6 Å². The lowest BCUT2D eigenvalue weighted by atomic mass is 10.3. The number of thiophene rings is 1. The first-order valence-corrected chi connectivity index (χ1v) is 8.35. The zero-order chi connectivity index (χ0) is 16.7.